The average Bonchev–Trinajstić information content (AvgIpc) is 3.11. The Balaban J connectivity index is 1.40. The molecule has 3 heterocycles. The zero-order valence-electron chi connectivity index (χ0n) is 17.2. The molecule has 0 bridgehead atoms. The second kappa shape index (κ2) is 8.47. The maximum Gasteiger partial charge on any atom is 0.255 e. The fourth-order valence-electron chi connectivity index (χ4n) is 3.63. The number of aromatic nitrogens is 3. The fourth-order valence-corrected chi connectivity index (χ4v) is 3.88. The molecule has 1 saturated heterocycles. The smallest absolute Gasteiger partial charge is 0.255 e. The molecule has 2 amide bonds. The summed E-state index contributed by atoms with van der Waals surface area (Å²) in [6.45, 7) is 5.38. The molecule has 0 aliphatic carbocycles. The van der Waals surface area contributed by atoms with Crippen LogP contribution in [0.25, 0.3) is 5.82 Å². The molecule has 1 aliphatic rings. The summed E-state index contributed by atoms with van der Waals surface area (Å²) < 4.78 is 15.0. The van der Waals surface area contributed by atoms with Crippen LogP contribution in [0.5, 0.6) is 0 Å². The third kappa shape index (κ3) is 4.29. The number of pyridine rings is 1. The van der Waals surface area contributed by atoms with E-state index in [2.05, 4.69) is 10.1 Å². The number of aryl methyl sites for hydroxylation is 2. The van der Waals surface area contributed by atoms with E-state index in [4.69, 9.17) is 11.6 Å². The van der Waals surface area contributed by atoms with Crippen molar-refractivity contribution in [1.29, 1.82) is 0 Å². The third-order valence-electron chi connectivity index (χ3n) is 5.24. The molecule has 0 atom stereocenters. The molecule has 0 spiro atoms. The van der Waals surface area contributed by atoms with Gasteiger partial charge in [-0.2, -0.15) is 5.10 Å². The summed E-state index contributed by atoms with van der Waals surface area (Å²) in [6, 6.07) is 9.17. The highest BCUT2D eigenvalue weighted by Crippen LogP contribution is 2.20. The predicted molar refractivity (Wildman–Crippen MR) is 114 cm³/mol. The third-order valence-corrected chi connectivity index (χ3v) is 5.55. The molecule has 0 N–H and O–H groups in total. The Hall–Kier alpha value is -3.26. The van der Waals surface area contributed by atoms with Crippen molar-refractivity contribution in [2.75, 3.05) is 26.2 Å². The number of piperazine rings is 1. The maximum absolute atomic E-state index is 13.2. The predicted octanol–water partition coefficient (Wildman–Crippen LogP) is 3.27. The van der Waals surface area contributed by atoms with Crippen LogP contribution in [-0.2, 0) is 0 Å². The Bertz CT molecular complexity index is 1140. The van der Waals surface area contributed by atoms with Gasteiger partial charge in [0.05, 0.1) is 21.8 Å². The molecule has 0 unspecified atom stereocenters. The van der Waals surface area contributed by atoms with Gasteiger partial charge in [0.2, 0.25) is 0 Å². The van der Waals surface area contributed by atoms with Gasteiger partial charge in [-0.05, 0) is 50.2 Å². The molecule has 4 rings (SSSR count). The summed E-state index contributed by atoms with van der Waals surface area (Å²) in [4.78, 5) is 33.2. The van der Waals surface area contributed by atoms with Crippen LogP contribution in [0.15, 0.2) is 42.6 Å². The number of benzene rings is 1. The molecule has 1 aliphatic heterocycles. The lowest BCUT2D eigenvalue weighted by atomic mass is 10.1. The van der Waals surface area contributed by atoms with Gasteiger partial charge in [0, 0.05) is 38.1 Å². The second-order valence-electron chi connectivity index (χ2n) is 7.45. The highest BCUT2D eigenvalue weighted by molar-refractivity contribution is 6.33. The lowest BCUT2D eigenvalue weighted by molar-refractivity contribution is 0.0535. The maximum atomic E-state index is 13.2. The molecule has 31 heavy (non-hydrogen) atoms. The summed E-state index contributed by atoms with van der Waals surface area (Å²) in [5, 5.41) is 4.48. The van der Waals surface area contributed by atoms with Crippen molar-refractivity contribution in [3.63, 3.8) is 0 Å². The first kappa shape index (κ1) is 21.0. The Morgan fingerprint density at radius 3 is 2.19 bits per heavy atom. The molecule has 0 saturated carbocycles. The lowest BCUT2D eigenvalue weighted by Gasteiger charge is -2.35. The minimum Gasteiger partial charge on any atom is -0.335 e. The van der Waals surface area contributed by atoms with Crippen LogP contribution in [0.4, 0.5) is 4.39 Å². The number of halogens is 2. The summed E-state index contributed by atoms with van der Waals surface area (Å²) in [5.41, 5.74) is 2.60. The number of hydrogen-bond donors (Lipinski definition) is 0. The minimum atomic E-state index is -0.491. The largest absolute Gasteiger partial charge is 0.335 e. The number of hydrogen-bond acceptors (Lipinski definition) is 4. The van der Waals surface area contributed by atoms with Gasteiger partial charge in [-0.25, -0.2) is 14.1 Å². The second-order valence-corrected chi connectivity index (χ2v) is 7.86. The Kier molecular flexibility index (Phi) is 5.73. The van der Waals surface area contributed by atoms with E-state index < -0.39 is 5.82 Å². The van der Waals surface area contributed by atoms with Crippen LogP contribution >= 0.6 is 11.6 Å². The van der Waals surface area contributed by atoms with Crippen molar-refractivity contribution in [3.8, 4) is 5.82 Å². The van der Waals surface area contributed by atoms with E-state index in [9.17, 15) is 14.0 Å². The molecule has 1 fully saturated rings. The van der Waals surface area contributed by atoms with E-state index in [1.54, 1.807) is 32.8 Å². The van der Waals surface area contributed by atoms with Crippen LogP contribution < -0.4 is 0 Å². The van der Waals surface area contributed by atoms with Gasteiger partial charge in [0.15, 0.2) is 5.82 Å². The molecule has 160 valence electrons. The monoisotopic (exact) mass is 441 g/mol. The molecule has 9 heteroatoms. The SMILES string of the molecule is Cc1cc(C)n(-c2ccc(C(=O)N3CCN(C(=O)c4ccc(F)cc4Cl)CC3)cn2)n1. The summed E-state index contributed by atoms with van der Waals surface area (Å²) in [5.74, 6) is -0.254. The Morgan fingerprint density at radius 1 is 0.968 bits per heavy atom. The van der Waals surface area contributed by atoms with Gasteiger partial charge in [0.25, 0.3) is 11.8 Å². The Morgan fingerprint density at radius 2 is 1.65 bits per heavy atom. The van der Waals surface area contributed by atoms with Crippen LogP contribution in [0, 0.1) is 19.7 Å². The van der Waals surface area contributed by atoms with E-state index in [0.717, 1.165) is 17.5 Å². The highest BCUT2D eigenvalue weighted by Gasteiger charge is 2.26. The van der Waals surface area contributed by atoms with Crippen LogP contribution in [0.3, 0.4) is 0 Å². The molecule has 0 radical (unpaired) electrons. The molecular weight excluding hydrogens is 421 g/mol. The van der Waals surface area contributed by atoms with Crippen LogP contribution in [0.2, 0.25) is 5.02 Å². The van der Waals surface area contributed by atoms with E-state index in [0.29, 0.717) is 37.6 Å². The number of amides is 2. The summed E-state index contributed by atoms with van der Waals surface area (Å²) in [7, 11) is 0. The van der Waals surface area contributed by atoms with Crippen molar-refractivity contribution in [2.45, 2.75) is 13.8 Å². The van der Waals surface area contributed by atoms with Crippen molar-refractivity contribution < 1.29 is 14.0 Å². The van der Waals surface area contributed by atoms with Crippen molar-refractivity contribution >= 4 is 23.4 Å². The van der Waals surface area contributed by atoms with Gasteiger partial charge in [-0.3, -0.25) is 9.59 Å². The quantitative estimate of drug-likeness (QED) is 0.625. The minimum absolute atomic E-state index is 0.0808. The first-order valence-corrected chi connectivity index (χ1v) is 10.2. The molecule has 2 aromatic heterocycles. The van der Waals surface area contributed by atoms with Crippen molar-refractivity contribution in [1.82, 2.24) is 24.6 Å². The average molecular weight is 442 g/mol. The Labute approximate surface area is 184 Å². The number of carbonyl (C=O) groups excluding carboxylic acids is 2. The first-order valence-electron chi connectivity index (χ1n) is 9.87. The summed E-state index contributed by atoms with van der Waals surface area (Å²) in [6.07, 6.45) is 1.55. The topological polar surface area (TPSA) is 71.3 Å². The molecule has 7 nitrogen and oxygen atoms in total. The highest BCUT2D eigenvalue weighted by atomic mass is 35.5. The van der Waals surface area contributed by atoms with Crippen LogP contribution in [-0.4, -0.2) is 62.6 Å². The van der Waals surface area contributed by atoms with Gasteiger partial charge in [0.1, 0.15) is 5.82 Å². The lowest BCUT2D eigenvalue weighted by Crippen LogP contribution is -2.50. The molecular formula is C22H21ClFN5O2. The first-order chi connectivity index (χ1) is 14.8. The number of nitrogens with zero attached hydrogens (tertiary/aromatic N) is 5. The zero-order chi connectivity index (χ0) is 22.1. The van der Waals surface area contributed by atoms with Gasteiger partial charge in [-0.1, -0.05) is 11.6 Å². The molecule has 1 aromatic carbocycles. The van der Waals surface area contributed by atoms with E-state index in [1.165, 1.54) is 12.1 Å². The summed E-state index contributed by atoms with van der Waals surface area (Å²) >= 11 is 6.01. The van der Waals surface area contributed by atoms with Gasteiger partial charge < -0.3 is 9.80 Å². The van der Waals surface area contributed by atoms with E-state index in [-0.39, 0.29) is 22.4 Å². The standard InChI is InChI=1S/C22H21ClFN5O2/c1-14-11-15(2)29(26-14)20-6-3-16(13-25-20)21(30)27-7-9-28(10-8-27)22(31)18-5-4-17(24)12-19(18)23/h3-6,11-13H,7-10H2,1-2H3. The van der Waals surface area contributed by atoms with Crippen LogP contribution in [0.1, 0.15) is 32.1 Å². The normalized spacial score (nSPS) is 14.1. The van der Waals surface area contributed by atoms with E-state index >= 15 is 0 Å². The van der Waals surface area contributed by atoms with Gasteiger partial charge in [-0.15, -0.1) is 0 Å². The number of rotatable bonds is 3. The molecule has 3 aromatic rings. The number of carbonyl (C=O) groups is 2. The van der Waals surface area contributed by atoms with E-state index in [1.807, 2.05) is 19.9 Å². The van der Waals surface area contributed by atoms with Gasteiger partial charge >= 0.3 is 0 Å². The zero-order valence-corrected chi connectivity index (χ0v) is 17.9. The van der Waals surface area contributed by atoms with Crippen molar-refractivity contribution in [3.05, 3.63) is 75.9 Å². The fraction of sp³-hybridized carbons (Fsp3) is 0.273. The van der Waals surface area contributed by atoms with Crippen molar-refractivity contribution in [2.24, 2.45) is 0 Å².